The normalized spacial score (nSPS) is 18.7. The van der Waals surface area contributed by atoms with Crippen LogP contribution in [0.1, 0.15) is 16.7 Å². The molecule has 1 aliphatic heterocycles. The molecule has 0 spiro atoms. The van der Waals surface area contributed by atoms with E-state index in [-0.39, 0.29) is 6.04 Å². The number of hydrogen-bond donors (Lipinski definition) is 2. The standard InChI is InChI=1S/C17H18N4S/c1-11-9-13-15(12-5-3-2-4-6-12)20-16(21-17(13)22-11)14-10-18-7-8-19-14/h2-6,9,14,18-19H,7-8,10H2,1H3. The summed E-state index contributed by atoms with van der Waals surface area (Å²) in [4.78, 5) is 12.1. The summed E-state index contributed by atoms with van der Waals surface area (Å²) in [7, 11) is 0. The number of aryl methyl sites for hydroxylation is 1. The van der Waals surface area contributed by atoms with Crippen molar-refractivity contribution in [2.24, 2.45) is 0 Å². The highest BCUT2D eigenvalue weighted by Gasteiger charge is 2.20. The predicted molar refractivity (Wildman–Crippen MR) is 91.2 cm³/mol. The maximum absolute atomic E-state index is 4.90. The van der Waals surface area contributed by atoms with Crippen LogP contribution in [0.3, 0.4) is 0 Å². The fourth-order valence-corrected chi connectivity index (χ4v) is 3.75. The Morgan fingerprint density at radius 1 is 1.14 bits per heavy atom. The van der Waals surface area contributed by atoms with Gasteiger partial charge in [0.05, 0.1) is 11.7 Å². The zero-order chi connectivity index (χ0) is 14.9. The van der Waals surface area contributed by atoms with Crippen molar-refractivity contribution in [1.29, 1.82) is 0 Å². The molecule has 0 aliphatic carbocycles. The molecule has 1 saturated heterocycles. The Balaban J connectivity index is 1.89. The first kappa shape index (κ1) is 13.8. The van der Waals surface area contributed by atoms with E-state index in [0.717, 1.165) is 46.9 Å². The zero-order valence-electron chi connectivity index (χ0n) is 12.5. The SMILES string of the molecule is Cc1cc2c(-c3ccccc3)nc(C3CNCCN3)nc2s1. The van der Waals surface area contributed by atoms with Crippen molar-refractivity contribution in [3.05, 3.63) is 47.1 Å². The number of rotatable bonds is 2. The fraction of sp³-hybridized carbons (Fsp3) is 0.294. The second-order valence-corrected chi connectivity index (χ2v) is 6.82. The minimum atomic E-state index is 0.183. The van der Waals surface area contributed by atoms with Crippen LogP contribution in [0.25, 0.3) is 21.5 Å². The van der Waals surface area contributed by atoms with Gasteiger partial charge in [-0.2, -0.15) is 0 Å². The second-order valence-electron chi connectivity index (χ2n) is 5.58. The van der Waals surface area contributed by atoms with Crippen LogP contribution in [0.5, 0.6) is 0 Å². The van der Waals surface area contributed by atoms with E-state index in [2.05, 4.69) is 47.9 Å². The summed E-state index contributed by atoms with van der Waals surface area (Å²) in [6.07, 6.45) is 0. The van der Waals surface area contributed by atoms with Gasteiger partial charge in [-0.15, -0.1) is 11.3 Å². The topological polar surface area (TPSA) is 49.8 Å². The van der Waals surface area contributed by atoms with Crippen LogP contribution in [0, 0.1) is 6.92 Å². The highest BCUT2D eigenvalue weighted by molar-refractivity contribution is 7.18. The van der Waals surface area contributed by atoms with Crippen LogP contribution in [0.15, 0.2) is 36.4 Å². The lowest BCUT2D eigenvalue weighted by Gasteiger charge is -2.23. The molecule has 4 rings (SSSR count). The molecule has 5 heteroatoms. The smallest absolute Gasteiger partial charge is 0.148 e. The van der Waals surface area contributed by atoms with Crippen molar-refractivity contribution in [3.8, 4) is 11.3 Å². The molecule has 4 nitrogen and oxygen atoms in total. The molecule has 1 aromatic carbocycles. The number of hydrogen-bond acceptors (Lipinski definition) is 5. The zero-order valence-corrected chi connectivity index (χ0v) is 13.3. The van der Waals surface area contributed by atoms with Gasteiger partial charge in [0.15, 0.2) is 0 Å². The largest absolute Gasteiger partial charge is 0.313 e. The quantitative estimate of drug-likeness (QED) is 0.764. The van der Waals surface area contributed by atoms with Crippen molar-refractivity contribution < 1.29 is 0 Å². The maximum Gasteiger partial charge on any atom is 0.148 e. The van der Waals surface area contributed by atoms with Gasteiger partial charge >= 0.3 is 0 Å². The van der Waals surface area contributed by atoms with Crippen LogP contribution in [-0.2, 0) is 0 Å². The molecule has 1 unspecified atom stereocenters. The molecule has 2 N–H and O–H groups in total. The van der Waals surface area contributed by atoms with Gasteiger partial charge in [0.1, 0.15) is 10.7 Å². The van der Waals surface area contributed by atoms with Crippen LogP contribution < -0.4 is 10.6 Å². The van der Waals surface area contributed by atoms with E-state index in [4.69, 9.17) is 9.97 Å². The average molecular weight is 310 g/mol. The molecule has 0 bridgehead atoms. The van der Waals surface area contributed by atoms with Gasteiger partial charge < -0.3 is 10.6 Å². The third-order valence-corrected chi connectivity index (χ3v) is 4.88. The molecule has 0 amide bonds. The molecule has 3 aromatic rings. The first-order chi connectivity index (χ1) is 10.8. The van der Waals surface area contributed by atoms with E-state index in [1.807, 2.05) is 6.07 Å². The molecular formula is C17H18N4S. The second kappa shape index (κ2) is 5.76. The number of nitrogens with one attached hydrogen (secondary N) is 2. The summed E-state index contributed by atoms with van der Waals surface area (Å²) in [5.41, 5.74) is 2.19. The molecule has 3 heterocycles. The average Bonchev–Trinajstić information content (AvgIpc) is 2.95. The van der Waals surface area contributed by atoms with Crippen LogP contribution in [0.2, 0.25) is 0 Å². The highest BCUT2D eigenvalue weighted by Crippen LogP contribution is 2.32. The highest BCUT2D eigenvalue weighted by atomic mass is 32.1. The first-order valence-corrected chi connectivity index (χ1v) is 8.40. The van der Waals surface area contributed by atoms with E-state index >= 15 is 0 Å². The summed E-state index contributed by atoms with van der Waals surface area (Å²) in [6.45, 7) is 4.96. The van der Waals surface area contributed by atoms with E-state index in [1.54, 1.807) is 11.3 Å². The Bertz CT molecular complexity index is 791. The molecule has 22 heavy (non-hydrogen) atoms. The summed E-state index contributed by atoms with van der Waals surface area (Å²) in [5.74, 6) is 0.889. The first-order valence-electron chi connectivity index (χ1n) is 7.59. The number of piperazine rings is 1. The predicted octanol–water partition coefficient (Wildman–Crippen LogP) is 2.90. The Hall–Kier alpha value is -1.82. The number of nitrogens with zero attached hydrogens (tertiary/aromatic N) is 2. The Labute approximate surface area is 133 Å². The Morgan fingerprint density at radius 3 is 2.77 bits per heavy atom. The third kappa shape index (κ3) is 2.52. The molecule has 1 fully saturated rings. The molecule has 0 radical (unpaired) electrons. The number of benzene rings is 1. The summed E-state index contributed by atoms with van der Waals surface area (Å²) < 4.78 is 0. The van der Waals surface area contributed by atoms with Gasteiger partial charge in [-0.25, -0.2) is 9.97 Å². The lowest BCUT2D eigenvalue weighted by Crippen LogP contribution is -2.43. The van der Waals surface area contributed by atoms with E-state index in [0.29, 0.717) is 0 Å². The minimum Gasteiger partial charge on any atom is -0.313 e. The van der Waals surface area contributed by atoms with Gasteiger partial charge in [0.2, 0.25) is 0 Å². The van der Waals surface area contributed by atoms with Crippen molar-refractivity contribution >= 4 is 21.6 Å². The summed E-state index contributed by atoms with van der Waals surface area (Å²) in [5, 5.41) is 8.06. The maximum atomic E-state index is 4.90. The molecule has 1 aliphatic rings. The molecule has 112 valence electrons. The van der Waals surface area contributed by atoms with Gasteiger partial charge in [-0.05, 0) is 13.0 Å². The number of aromatic nitrogens is 2. The van der Waals surface area contributed by atoms with Crippen LogP contribution in [0.4, 0.5) is 0 Å². The molecule has 0 saturated carbocycles. The van der Waals surface area contributed by atoms with Gasteiger partial charge in [-0.3, -0.25) is 0 Å². The Morgan fingerprint density at radius 2 is 2.00 bits per heavy atom. The minimum absolute atomic E-state index is 0.183. The molecule has 1 atom stereocenters. The van der Waals surface area contributed by atoms with Crippen molar-refractivity contribution in [1.82, 2.24) is 20.6 Å². The van der Waals surface area contributed by atoms with Gasteiger partial charge in [0.25, 0.3) is 0 Å². The summed E-state index contributed by atoms with van der Waals surface area (Å²) >= 11 is 1.74. The lowest BCUT2D eigenvalue weighted by atomic mass is 10.1. The van der Waals surface area contributed by atoms with E-state index < -0.39 is 0 Å². The van der Waals surface area contributed by atoms with E-state index in [9.17, 15) is 0 Å². The van der Waals surface area contributed by atoms with Crippen molar-refractivity contribution in [3.63, 3.8) is 0 Å². The van der Waals surface area contributed by atoms with Gasteiger partial charge in [0, 0.05) is 35.5 Å². The van der Waals surface area contributed by atoms with Gasteiger partial charge in [-0.1, -0.05) is 30.3 Å². The monoisotopic (exact) mass is 310 g/mol. The fourth-order valence-electron chi connectivity index (χ4n) is 2.87. The van der Waals surface area contributed by atoms with E-state index in [1.165, 1.54) is 4.88 Å². The van der Waals surface area contributed by atoms with Crippen molar-refractivity contribution in [2.45, 2.75) is 13.0 Å². The molecule has 2 aromatic heterocycles. The lowest BCUT2D eigenvalue weighted by molar-refractivity contribution is 0.416. The summed E-state index contributed by atoms with van der Waals surface area (Å²) in [6, 6.07) is 12.8. The van der Waals surface area contributed by atoms with Crippen LogP contribution in [-0.4, -0.2) is 29.6 Å². The third-order valence-electron chi connectivity index (χ3n) is 3.93. The molecular weight excluding hydrogens is 292 g/mol. The van der Waals surface area contributed by atoms with Crippen LogP contribution >= 0.6 is 11.3 Å². The Kier molecular flexibility index (Phi) is 3.62. The van der Waals surface area contributed by atoms with Crippen molar-refractivity contribution in [2.75, 3.05) is 19.6 Å². The number of fused-ring (bicyclic) bond motifs is 1. The number of thiophene rings is 1.